The highest BCUT2D eigenvalue weighted by Crippen LogP contribution is 2.39. The molecule has 1 atom stereocenters. The molecule has 1 amide bonds. The molecule has 0 radical (unpaired) electrons. The van der Waals surface area contributed by atoms with Gasteiger partial charge in [-0.2, -0.15) is 0 Å². The van der Waals surface area contributed by atoms with Crippen LogP contribution in [0.15, 0.2) is 59.9 Å². The molecule has 3 heterocycles. The van der Waals surface area contributed by atoms with Crippen LogP contribution < -0.4 is 9.33 Å². The van der Waals surface area contributed by atoms with Crippen molar-refractivity contribution in [2.75, 3.05) is 18.0 Å². The summed E-state index contributed by atoms with van der Waals surface area (Å²) < 4.78 is 8.35. The van der Waals surface area contributed by atoms with E-state index in [0.29, 0.717) is 47.9 Å². The second-order valence-corrected chi connectivity index (χ2v) is 16.7. The lowest BCUT2D eigenvalue weighted by Gasteiger charge is -2.36. The fourth-order valence-corrected chi connectivity index (χ4v) is 6.06. The van der Waals surface area contributed by atoms with E-state index in [4.69, 9.17) is 21.0 Å². The molecule has 0 fully saturated rings. The van der Waals surface area contributed by atoms with Gasteiger partial charge in [0.05, 0.1) is 23.9 Å². The SMILES string of the molecule is CCN1C(=O)c2c(ncn2Cc2ccc(O[Si](C)(C)C(C)(C)C)c(Cl)c2)N2C[C@@H](Cc3ccccc3)N=C12. The van der Waals surface area contributed by atoms with Crippen LogP contribution >= 0.6 is 11.6 Å². The number of carbonyl (C=O) groups excluding carboxylic acids is 1. The largest absolute Gasteiger partial charge is 0.543 e. The van der Waals surface area contributed by atoms with Crippen LogP contribution in [0.2, 0.25) is 23.2 Å². The Hall–Kier alpha value is -3.10. The van der Waals surface area contributed by atoms with Gasteiger partial charge in [0.25, 0.3) is 14.2 Å². The molecule has 5 rings (SSSR count). The third-order valence-electron chi connectivity index (χ3n) is 7.85. The van der Waals surface area contributed by atoms with Gasteiger partial charge < -0.3 is 8.99 Å². The number of aromatic nitrogens is 2. The molecular formula is C29H36ClN5O2Si. The van der Waals surface area contributed by atoms with Crippen molar-refractivity contribution in [2.24, 2.45) is 4.99 Å². The highest BCUT2D eigenvalue weighted by atomic mass is 35.5. The van der Waals surface area contributed by atoms with E-state index in [-0.39, 0.29) is 17.0 Å². The first kappa shape index (κ1) is 26.5. The van der Waals surface area contributed by atoms with Crippen LogP contribution in [0.5, 0.6) is 5.75 Å². The van der Waals surface area contributed by atoms with Crippen molar-refractivity contribution in [3.8, 4) is 5.75 Å². The zero-order valence-electron chi connectivity index (χ0n) is 23.0. The van der Waals surface area contributed by atoms with E-state index < -0.39 is 8.32 Å². The average molecular weight is 550 g/mol. The topological polar surface area (TPSA) is 63.0 Å². The summed E-state index contributed by atoms with van der Waals surface area (Å²) in [4.78, 5) is 27.1. The molecule has 0 N–H and O–H groups in total. The lowest BCUT2D eigenvalue weighted by molar-refractivity contribution is 0.0836. The van der Waals surface area contributed by atoms with E-state index in [1.165, 1.54) is 5.56 Å². The van der Waals surface area contributed by atoms with Gasteiger partial charge in [-0.05, 0) is 54.7 Å². The monoisotopic (exact) mass is 549 g/mol. The van der Waals surface area contributed by atoms with Crippen molar-refractivity contribution in [3.05, 3.63) is 76.7 Å². The van der Waals surface area contributed by atoms with Gasteiger partial charge in [0.2, 0.25) is 5.96 Å². The fraction of sp³-hybridized carbons (Fsp3) is 0.414. The zero-order valence-corrected chi connectivity index (χ0v) is 24.8. The van der Waals surface area contributed by atoms with E-state index in [1.807, 2.05) is 47.9 Å². The number of anilines is 1. The van der Waals surface area contributed by atoms with Crippen molar-refractivity contribution in [1.29, 1.82) is 0 Å². The number of nitrogens with zero attached hydrogens (tertiary/aromatic N) is 5. The van der Waals surface area contributed by atoms with Crippen LogP contribution in [0.25, 0.3) is 0 Å². The molecular weight excluding hydrogens is 514 g/mol. The Morgan fingerprint density at radius 3 is 2.50 bits per heavy atom. The summed E-state index contributed by atoms with van der Waals surface area (Å²) in [6.07, 6.45) is 2.57. The predicted molar refractivity (Wildman–Crippen MR) is 156 cm³/mol. The van der Waals surface area contributed by atoms with E-state index >= 15 is 0 Å². The van der Waals surface area contributed by atoms with E-state index in [2.05, 4.69) is 55.9 Å². The molecule has 0 saturated carbocycles. The van der Waals surface area contributed by atoms with Gasteiger partial charge in [0.15, 0.2) is 11.5 Å². The number of amides is 1. The Balaban J connectivity index is 1.38. The molecule has 0 saturated heterocycles. The predicted octanol–water partition coefficient (Wildman–Crippen LogP) is 6.23. The summed E-state index contributed by atoms with van der Waals surface area (Å²) >= 11 is 6.67. The smallest absolute Gasteiger partial charge is 0.281 e. The molecule has 3 aromatic rings. The first-order chi connectivity index (χ1) is 18.0. The highest BCUT2D eigenvalue weighted by Gasteiger charge is 2.42. The average Bonchev–Trinajstić information content (AvgIpc) is 3.45. The lowest BCUT2D eigenvalue weighted by Crippen LogP contribution is -2.50. The first-order valence-electron chi connectivity index (χ1n) is 13.2. The number of imidazole rings is 1. The molecule has 1 aromatic heterocycles. The number of hydrogen-bond donors (Lipinski definition) is 0. The summed E-state index contributed by atoms with van der Waals surface area (Å²) in [5.41, 5.74) is 2.81. The van der Waals surface area contributed by atoms with Gasteiger partial charge in [-0.3, -0.25) is 14.6 Å². The molecule has 0 bridgehead atoms. The van der Waals surface area contributed by atoms with Gasteiger partial charge in [0.1, 0.15) is 5.75 Å². The van der Waals surface area contributed by atoms with Crippen LogP contribution in [0.4, 0.5) is 5.82 Å². The highest BCUT2D eigenvalue weighted by molar-refractivity contribution is 6.74. The van der Waals surface area contributed by atoms with Crippen LogP contribution in [0.1, 0.15) is 49.3 Å². The van der Waals surface area contributed by atoms with Crippen LogP contribution in [-0.2, 0) is 13.0 Å². The second kappa shape index (κ2) is 9.89. The van der Waals surface area contributed by atoms with Gasteiger partial charge >= 0.3 is 0 Å². The number of guanidine groups is 1. The standard InChI is InChI=1S/C29H36ClN5O2Si/c1-7-34-27(36)25-26(35-18-22(32-28(34)35)15-20-11-9-8-10-12-20)31-19-33(25)17-21-13-14-24(23(30)16-21)37-38(5,6)29(2,3)4/h8-14,16,19,22H,7,15,17-18H2,1-6H3/t22-/m1/s1. The molecule has 0 unspecified atom stereocenters. The Morgan fingerprint density at radius 2 is 1.84 bits per heavy atom. The van der Waals surface area contributed by atoms with Gasteiger partial charge in [-0.1, -0.05) is 68.8 Å². The molecule has 7 nitrogen and oxygen atoms in total. The van der Waals surface area contributed by atoms with Gasteiger partial charge in [-0.25, -0.2) is 9.98 Å². The third kappa shape index (κ3) is 4.87. The number of halogens is 1. The summed E-state index contributed by atoms with van der Waals surface area (Å²) in [6, 6.07) is 16.3. The van der Waals surface area contributed by atoms with Crippen molar-refractivity contribution in [3.63, 3.8) is 0 Å². The minimum absolute atomic E-state index is 0.0672. The molecule has 200 valence electrons. The van der Waals surface area contributed by atoms with Crippen molar-refractivity contribution >= 4 is 37.6 Å². The number of rotatable bonds is 7. The third-order valence-corrected chi connectivity index (χ3v) is 12.5. The maximum Gasteiger partial charge on any atom is 0.281 e. The van der Waals surface area contributed by atoms with E-state index in [1.54, 1.807) is 11.2 Å². The lowest BCUT2D eigenvalue weighted by atomic mass is 10.1. The number of carbonyl (C=O) groups is 1. The zero-order chi connectivity index (χ0) is 27.2. The fourth-order valence-electron chi connectivity index (χ4n) is 4.72. The minimum atomic E-state index is -2.01. The minimum Gasteiger partial charge on any atom is -0.543 e. The maximum atomic E-state index is 13.6. The van der Waals surface area contributed by atoms with Crippen LogP contribution in [0, 0.1) is 0 Å². The maximum absolute atomic E-state index is 13.6. The number of fused-ring (bicyclic) bond motifs is 3. The molecule has 2 aromatic carbocycles. The molecule has 0 spiro atoms. The summed E-state index contributed by atoms with van der Waals surface area (Å²) in [5, 5.41) is 0.661. The Labute approximate surface area is 231 Å². The second-order valence-electron chi connectivity index (χ2n) is 11.6. The summed E-state index contributed by atoms with van der Waals surface area (Å²) in [5.74, 6) is 2.02. The molecule has 2 aliphatic rings. The normalized spacial score (nSPS) is 17.4. The van der Waals surface area contributed by atoms with Crippen molar-refractivity contribution < 1.29 is 9.22 Å². The van der Waals surface area contributed by atoms with E-state index in [9.17, 15) is 4.79 Å². The van der Waals surface area contributed by atoms with Crippen LogP contribution in [-0.4, -0.2) is 53.8 Å². The molecule has 38 heavy (non-hydrogen) atoms. The van der Waals surface area contributed by atoms with Crippen molar-refractivity contribution in [2.45, 2.75) is 64.8 Å². The number of hydrogen-bond acceptors (Lipinski definition) is 5. The first-order valence-corrected chi connectivity index (χ1v) is 16.5. The Morgan fingerprint density at radius 1 is 1.11 bits per heavy atom. The summed E-state index contributed by atoms with van der Waals surface area (Å²) in [6.45, 7) is 14.8. The van der Waals surface area contributed by atoms with Gasteiger partial charge in [0, 0.05) is 13.1 Å². The number of aliphatic imine (C=N–C) groups is 1. The molecule has 2 aliphatic heterocycles. The van der Waals surface area contributed by atoms with Crippen molar-refractivity contribution in [1.82, 2.24) is 14.5 Å². The Bertz CT molecular complexity index is 1380. The Kier molecular flexibility index (Phi) is 6.90. The van der Waals surface area contributed by atoms with Gasteiger partial charge in [-0.15, -0.1) is 0 Å². The quantitative estimate of drug-likeness (QED) is 0.328. The summed E-state index contributed by atoms with van der Waals surface area (Å²) in [7, 11) is -2.01. The number of benzene rings is 2. The molecule has 9 heteroatoms. The van der Waals surface area contributed by atoms with Crippen LogP contribution in [0.3, 0.4) is 0 Å². The molecule has 0 aliphatic carbocycles. The van der Waals surface area contributed by atoms with E-state index in [0.717, 1.165) is 12.0 Å².